The van der Waals surface area contributed by atoms with Crippen LogP contribution in [0.3, 0.4) is 0 Å². The van der Waals surface area contributed by atoms with Crippen molar-refractivity contribution in [3.63, 3.8) is 0 Å². The molecule has 0 radical (unpaired) electrons. The van der Waals surface area contributed by atoms with E-state index in [4.69, 9.17) is 18.9 Å². The van der Waals surface area contributed by atoms with Gasteiger partial charge in [-0.2, -0.15) is 0 Å². The van der Waals surface area contributed by atoms with Gasteiger partial charge in [0.05, 0.1) is 25.9 Å². The van der Waals surface area contributed by atoms with Gasteiger partial charge in [0.1, 0.15) is 60.3 Å². The zero-order valence-corrected chi connectivity index (χ0v) is 29.8. The number of ether oxygens (including phenoxy) is 4. The van der Waals surface area contributed by atoms with Gasteiger partial charge in [0.15, 0.2) is 12.4 Å². The Morgan fingerprint density at radius 3 is 2.27 bits per heavy atom. The normalized spacial score (nSPS) is 31.7. The molecule has 2 saturated heterocycles. The van der Waals surface area contributed by atoms with Gasteiger partial charge in [-0.05, 0) is 49.1 Å². The van der Waals surface area contributed by atoms with Crippen molar-refractivity contribution in [2.45, 2.75) is 127 Å². The van der Waals surface area contributed by atoms with Gasteiger partial charge >= 0.3 is 5.97 Å². The Labute approximate surface area is 303 Å². The van der Waals surface area contributed by atoms with Crippen molar-refractivity contribution >= 4 is 5.97 Å². The molecule has 1 aromatic carbocycles. The summed E-state index contributed by atoms with van der Waals surface area (Å²) in [4.78, 5) is 13.1. The number of phenols is 2. The van der Waals surface area contributed by atoms with E-state index in [1.807, 2.05) is 6.92 Å². The van der Waals surface area contributed by atoms with Crippen LogP contribution < -0.4 is 0 Å². The van der Waals surface area contributed by atoms with Gasteiger partial charge in [0, 0.05) is 17.7 Å². The fourth-order valence-electron chi connectivity index (χ4n) is 6.14. The first kappa shape index (κ1) is 43.5. The molecule has 0 bridgehead atoms. The molecular weight excluding hydrogens is 684 g/mol. The molecule has 0 saturated carbocycles. The minimum absolute atomic E-state index is 0.0448. The van der Waals surface area contributed by atoms with Crippen LogP contribution in [0.25, 0.3) is 0 Å². The summed E-state index contributed by atoms with van der Waals surface area (Å²) in [5.41, 5.74) is -0.219. The number of hydrogen-bond donors (Lipinski definition) is 10. The van der Waals surface area contributed by atoms with E-state index in [0.29, 0.717) is 12.3 Å². The summed E-state index contributed by atoms with van der Waals surface area (Å²) in [7, 11) is 0. The fourth-order valence-corrected chi connectivity index (χ4v) is 6.14. The maximum Gasteiger partial charge on any atom is 0.331 e. The molecule has 52 heavy (non-hydrogen) atoms. The lowest BCUT2D eigenvalue weighted by Gasteiger charge is -2.47. The number of aliphatic hydroxyl groups is 8. The Bertz CT molecular complexity index is 1330. The quantitative estimate of drug-likeness (QED) is 0.0328. The highest BCUT2D eigenvalue weighted by molar-refractivity contribution is 5.82. The third-order valence-corrected chi connectivity index (χ3v) is 9.57. The number of allylic oxidation sites excluding steroid dienone is 4. The molecule has 10 N–H and O–H groups in total. The van der Waals surface area contributed by atoms with Crippen molar-refractivity contribution in [1.82, 2.24) is 0 Å². The van der Waals surface area contributed by atoms with Crippen molar-refractivity contribution < 1.29 is 74.8 Å². The number of esters is 1. The highest BCUT2D eigenvalue weighted by atomic mass is 16.7. The number of aliphatic hydroxyl groups excluding tert-OH is 8. The highest BCUT2D eigenvalue weighted by Crippen LogP contribution is 2.42. The number of carbonyl (C=O) groups is 1. The second-order valence-electron chi connectivity index (χ2n) is 13.5. The summed E-state index contributed by atoms with van der Waals surface area (Å²) >= 11 is 0. The Balaban J connectivity index is 1.77. The largest absolute Gasteiger partial charge is 0.508 e. The zero-order valence-electron chi connectivity index (χ0n) is 29.8. The minimum Gasteiger partial charge on any atom is -0.508 e. The second kappa shape index (κ2) is 21.1. The summed E-state index contributed by atoms with van der Waals surface area (Å²) in [6.07, 6.45) is -3.23. The lowest BCUT2D eigenvalue weighted by molar-refractivity contribution is -0.343. The van der Waals surface area contributed by atoms with E-state index < -0.39 is 105 Å². The van der Waals surface area contributed by atoms with Crippen molar-refractivity contribution in [1.29, 1.82) is 0 Å². The van der Waals surface area contributed by atoms with Gasteiger partial charge in [0.2, 0.25) is 0 Å². The minimum atomic E-state index is -1.89. The predicted octanol–water partition coefficient (Wildman–Crippen LogP) is 0.752. The average molecular weight is 741 g/mol. The van der Waals surface area contributed by atoms with E-state index in [-0.39, 0.29) is 17.0 Å². The van der Waals surface area contributed by atoms with E-state index in [9.17, 15) is 55.9 Å². The molecule has 294 valence electrons. The summed E-state index contributed by atoms with van der Waals surface area (Å²) < 4.78 is 22.7. The monoisotopic (exact) mass is 740 g/mol. The van der Waals surface area contributed by atoms with E-state index in [1.165, 1.54) is 12.2 Å². The molecule has 2 aliphatic rings. The number of phenolic OH excluding ortho intramolecular Hbond substituents is 2. The lowest BCUT2D eigenvalue weighted by atomic mass is 9.88. The van der Waals surface area contributed by atoms with Gasteiger partial charge < -0.3 is 70.0 Å². The maximum absolute atomic E-state index is 13.1. The standard InChI is InChI=1S/C37H56O15/c1-4-20(2)11-7-5-8-12-21(3)24(42)13-9-6-10-14-28(44)51-36-33(48)35(29-22(17-38)15-23(41)16-25(29)43)49-27(19-40)34(36)52-37-32(47)31(46)30(45)26(18-39)50-37/h6-7,9-11,14-16,20-21,24,26-27,30-43,45-48H,4-5,8,12-13,17-19H2,1-3H3/b9-6+,11-7+,14-10+/t20-,21-,24+,26+,27+,30-,31+,32+,33-,34-,35-,36+,37+/m1/s1. The number of aromatic hydroxyl groups is 2. The van der Waals surface area contributed by atoms with Gasteiger partial charge in [-0.1, -0.05) is 57.6 Å². The van der Waals surface area contributed by atoms with Crippen molar-refractivity contribution in [2.24, 2.45) is 11.8 Å². The molecule has 0 spiro atoms. The van der Waals surface area contributed by atoms with E-state index in [0.717, 1.165) is 43.9 Å². The Morgan fingerprint density at radius 2 is 1.62 bits per heavy atom. The Morgan fingerprint density at radius 1 is 0.904 bits per heavy atom. The van der Waals surface area contributed by atoms with Crippen molar-refractivity contribution in [3.8, 4) is 11.5 Å². The third kappa shape index (κ3) is 11.5. The number of benzene rings is 1. The molecule has 15 heteroatoms. The number of carbonyl (C=O) groups excluding carboxylic acids is 1. The molecule has 0 aromatic heterocycles. The second-order valence-corrected chi connectivity index (χ2v) is 13.5. The first-order chi connectivity index (χ1) is 24.8. The van der Waals surface area contributed by atoms with Crippen LogP contribution in [0.1, 0.15) is 70.1 Å². The maximum atomic E-state index is 13.1. The van der Waals surface area contributed by atoms with Crippen LogP contribution in [0.4, 0.5) is 0 Å². The van der Waals surface area contributed by atoms with Gasteiger partial charge in [-0.15, -0.1) is 0 Å². The zero-order chi connectivity index (χ0) is 38.5. The molecule has 15 nitrogen and oxygen atoms in total. The number of unbranched alkanes of at least 4 members (excludes halogenated alkanes) is 1. The van der Waals surface area contributed by atoms with Gasteiger partial charge in [-0.3, -0.25) is 0 Å². The molecular formula is C37H56O15. The van der Waals surface area contributed by atoms with Crippen LogP contribution in [0.15, 0.2) is 48.6 Å². The Kier molecular flexibility index (Phi) is 17.6. The average Bonchev–Trinajstić information content (AvgIpc) is 3.12. The first-order valence-electron chi connectivity index (χ1n) is 17.7. The molecule has 3 rings (SSSR count). The molecule has 0 amide bonds. The van der Waals surface area contributed by atoms with Gasteiger partial charge in [-0.25, -0.2) is 4.79 Å². The van der Waals surface area contributed by atoms with Crippen LogP contribution in [0.2, 0.25) is 0 Å². The van der Waals surface area contributed by atoms with Crippen LogP contribution in [0.5, 0.6) is 11.5 Å². The van der Waals surface area contributed by atoms with E-state index in [2.05, 4.69) is 26.0 Å². The number of hydrogen-bond acceptors (Lipinski definition) is 15. The summed E-state index contributed by atoms with van der Waals surface area (Å²) in [6.45, 7) is 3.97. The topological polar surface area (TPSA) is 256 Å². The SMILES string of the molecule is CC[C@@H](C)/C=C/CCC[C@@H](C)[C@@H](O)C/C=C/C=C/C(=O)O[C@H]1[C@H](O)[C@@H](c2c(O)cc(O)cc2CO)O[C@@H](CO)[C@H]1O[C@@H]1O[C@@H](CO)[C@@H](O)[C@H](O)[C@@H]1O. The van der Waals surface area contributed by atoms with E-state index in [1.54, 1.807) is 6.08 Å². The van der Waals surface area contributed by atoms with Gasteiger partial charge in [0.25, 0.3) is 0 Å². The molecule has 0 aliphatic carbocycles. The molecule has 13 atom stereocenters. The lowest BCUT2D eigenvalue weighted by Crippen LogP contribution is -2.63. The van der Waals surface area contributed by atoms with Crippen molar-refractivity contribution in [3.05, 3.63) is 59.7 Å². The molecule has 2 fully saturated rings. The summed E-state index contributed by atoms with van der Waals surface area (Å²) in [5, 5.41) is 104. The summed E-state index contributed by atoms with van der Waals surface area (Å²) in [5.74, 6) is -1.38. The fraction of sp³-hybridized carbons (Fsp3) is 0.649. The van der Waals surface area contributed by atoms with Crippen LogP contribution in [-0.4, -0.2) is 131 Å². The van der Waals surface area contributed by atoms with Crippen LogP contribution in [0, 0.1) is 11.8 Å². The third-order valence-electron chi connectivity index (χ3n) is 9.57. The van der Waals surface area contributed by atoms with Crippen molar-refractivity contribution in [2.75, 3.05) is 13.2 Å². The van der Waals surface area contributed by atoms with E-state index >= 15 is 0 Å². The molecule has 0 unspecified atom stereocenters. The van der Waals surface area contributed by atoms with Crippen LogP contribution >= 0.6 is 0 Å². The van der Waals surface area contributed by atoms with Crippen LogP contribution in [-0.2, 0) is 30.3 Å². The number of rotatable bonds is 18. The smallest absolute Gasteiger partial charge is 0.331 e. The summed E-state index contributed by atoms with van der Waals surface area (Å²) in [6, 6.07) is 2.06. The Hall–Kier alpha value is -2.93. The molecule has 1 aromatic rings. The predicted molar refractivity (Wildman–Crippen MR) is 185 cm³/mol. The molecule has 2 aliphatic heterocycles. The first-order valence-corrected chi connectivity index (χ1v) is 17.7. The molecule has 2 heterocycles. The highest BCUT2D eigenvalue weighted by Gasteiger charge is 2.53.